The first-order chi connectivity index (χ1) is 17.8. The molecule has 2 heterocycles. The first kappa shape index (κ1) is 26.7. The summed E-state index contributed by atoms with van der Waals surface area (Å²) >= 11 is 0. The predicted octanol–water partition coefficient (Wildman–Crippen LogP) is 1.83. The van der Waals surface area contributed by atoms with Gasteiger partial charge in [-0.1, -0.05) is 0 Å². The Labute approximate surface area is 215 Å². The third-order valence-corrected chi connectivity index (χ3v) is 9.34. The number of hydrogen-bond donors (Lipinski definition) is 2. The van der Waals surface area contributed by atoms with Crippen LogP contribution in [-0.2, 0) is 19.4 Å². The van der Waals surface area contributed by atoms with Crippen LogP contribution in [0.3, 0.4) is 0 Å². The lowest BCUT2D eigenvalue weighted by molar-refractivity contribution is -0.134. The van der Waals surface area contributed by atoms with E-state index in [0.29, 0.717) is 42.3 Å². The normalized spacial score (nSPS) is 19.2. The summed E-state index contributed by atoms with van der Waals surface area (Å²) in [6.45, 7) is 1.06. The van der Waals surface area contributed by atoms with E-state index in [1.54, 1.807) is 23.1 Å². The number of hydrogen-bond acceptors (Lipinski definition) is 9. The molecule has 2 aliphatic rings. The van der Waals surface area contributed by atoms with E-state index in [9.17, 15) is 23.2 Å². The van der Waals surface area contributed by atoms with Crippen molar-refractivity contribution in [3.05, 3.63) is 48.0 Å². The van der Waals surface area contributed by atoms with Crippen molar-refractivity contribution in [2.24, 2.45) is 0 Å². The molecule has 2 N–H and O–H groups in total. The lowest BCUT2D eigenvalue weighted by Crippen LogP contribution is -2.54. The molecule has 2 aromatic rings. The molecular weight excluding hydrogens is 504 g/mol. The summed E-state index contributed by atoms with van der Waals surface area (Å²) in [6, 6.07) is 10.8. The van der Waals surface area contributed by atoms with Gasteiger partial charge in [0, 0.05) is 31.7 Å². The standard InChI is InChI=1S/C25H30N2O9S/c1-33-21-8-3-17(15-22(21)34-2)23(28)27-12-9-19(16-27)36-18-4-6-20(7-5-18)37(31,32)25(24(29)26-30)10-13-35-14-11-25/h3-8,15,19,30H,9-14,16H2,1-2H3,(H,26,29)/t19-/m0/s1. The van der Waals surface area contributed by atoms with E-state index in [2.05, 4.69) is 0 Å². The number of carbonyl (C=O) groups excluding carboxylic acids is 2. The van der Waals surface area contributed by atoms with E-state index in [0.717, 1.165) is 0 Å². The van der Waals surface area contributed by atoms with Crippen LogP contribution < -0.4 is 19.7 Å². The number of likely N-dealkylation sites (tertiary alicyclic amines) is 1. The quantitative estimate of drug-likeness (QED) is 0.383. The van der Waals surface area contributed by atoms with Crippen LogP contribution in [0.1, 0.15) is 29.6 Å². The number of benzene rings is 2. The molecule has 0 radical (unpaired) electrons. The third kappa shape index (κ3) is 5.09. The van der Waals surface area contributed by atoms with E-state index in [1.807, 2.05) is 0 Å². The average molecular weight is 535 g/mol. The maximum absolute atomic E-state index is 13.4. The molecule has 2 fully saturated rings. The van der Waals surface area contributed by atoms with Gasteiger partial charge in [-0.2, -0.15) is 0 Å². The van der Waals surface area contributed by atoms with Crippen LogP contribution in [0, 0.1) is 0 Å². The summed E-state index contributed by atoms with van der Waals surface area (Å²) < 4.78 is 46.7. The molecule has 0 saturated carbocycles. The van der Waals surface area contributed by atoms with Crippen LogP contribution in [0.2, 0.25) is 0 Å². The van der Waals surface area contributed by atoms with E-state index >= 15 is 0 Å². The number of hydroxylamine groups is 1. The zero-order valence-corrected chi connectivity index (χ0v) is 21.5. The van der Waals surface area contributed by atoms with Gasteiger partial charge in [0.15, 0.2) is 26.1 Å². The van der Waals surface area contributed by atoms with Crippen LogP contribution >= 0.6 is 0 Å². The van der Waals surface area contributed by atoms with Crippen LogP contribution in [-0.4, -0.2) is 81.7 Å². The van der Waals surface area contributed by atoms with Crippen molar-refractivity contribution < 1.29 is 42.2 Å². The maximum atomic E-state index is 13.4. The monoisotopic (exact) mass is 534 g/mol. The highest BCUT2D eigenvalue weighted by Gasteiger charge is 2.52. The topological polar surface area (TPSA) is 141 Å². The molecule has 12 heteroatoms. The van der Waals surface area contributed by atoms with Gasteiger partial charge in [0.05, 0.1) is 25.7 Å². The Morgan fingerprint density at radius 3 is 2.35 bits per heavy atom. The fraction of sp³-hybridized carbons (Fsp3) is 0.440. The zero-order valence-electron chi connectivity index (χ0n) is 20.6. The number of ether oxygens (including phenoxy) is 4. The molecule has 0 aliphatic carbocycles. The van der Waals surface area contributed by atoms with Gasteiger partial charge in [0.1, 0.15) is 11.9 Å². The number of nitrogens with one attached hydrogen (secondary N) is 1. The maximum Gasteiger partial charge on any atom is 0.265 e. The first-order valence-corrected chi connectivity index (χ1v) is 13.3. The SMILES string of the molecule is COc1ccc(C(=O)N2CC[C@H](Oc3ccc(S(=O)(=O)C4(C(=O)NO)CCOCC4)cc3)C2)cc1OC. The van der Waals surface area contributed by atoms with Crippen LogP contribution in [0.5, 0.6) is 17.2 Å². The van der Waals surface area contributed by atoms with E-state index in [1.165, 1.54) is 44.0 Å². The fourth-order valence-corrected chi connectivity index (χ4v) is 6.64. The van der Waals surface area contributed by atoms with Gasteiger partial charge in [-0.15, -0.1) is 0 Å². The number of nitrogens with zero attached hydrogens (tertiary/aromatic N) is 1. The van der Waals surface area contributed by atoms with Gasteiger partial charge < -0.3 is 23.8 Å². The van der Waals surface area contributed by atoms with Crippen molar-refractivity contribution in [2.75, 3.05) is 40.5 Å². The van der Waals surface area contributed by atoms with Crippen molar-refractivity contribution in [1.29, 1.82) is 0 Å². The minimum atomic E-state index is -4.12. The second-order valence-corrected chi connectivity index (χ2v) is 11.1. The average Bonchev–Trinajstić information content (AvgIpc) is 3.40. The fourth-order valence-electron chi connectivity index (χ4n) is 4.70. The van der Waals surface area contributed by atoms with Crippen molar-refractivity contribution >= 4 is 21.7 Å². The van der Waals surface area contributed by atoms with E-state index in [-0.39, 0.29) is 43.0 Å². The molecule has 200 valence electrons. The number of carbonyl (C=O) groups is 2. The smallest absolute Gasteiger partial charge is 0.265 e. The Morgan fingerprint density at radius 2 is 1.73 bits per heavy atom. The van der Waals surface area contributed by atoms with Gasteiger partial charge in [-0.25, -0.2) is 13.9 Å². The summed E-state index contributed by atoms with van der Waals surface area (Å²) in [7, 11) is -1.09. The molecule has 0 spiro atoms. The van der Waals surface area contributed by atoms with Gasteiger partial charge >= 0.3 is 0 Å². The predicted molar refractivity (Wildman–Crippen MR) is 131 cm³/mol. The lowest BCUT2D eigenvalue weighted by Gasteiger charge is -2.34. The largest absolute Gasteiger partial charge is 0.493 e. The molecule has 4 rings (SSSR count). The van der Waals surface area contributed by atoms with E-state index in [4.69, 9.17) is 18.9 Å². The van der Waals surface area contributed by atoms with Crippen molar-refractivity contribution in [1.82, 2.24) is 10.4 Å². The molecule has 2 aliphatic heterocycles. The molecule has 37 heavy (non-hydrogen) atoms. The number of sulfone groups is 1. The minimum absolute atomic E-state index is 0.0537. The molecule has 2 saturated heterocycles. The summed E-state index contributed by atoms with van der Waals surface area (Å²) in [5, 5.41) is 9.18. The van der Waals surface area contributed by atoms with Crippen LogP contribution in [0.25, 0.3) is 0 Å². The first-order valence-electron chi connectivity index (χ1n) is 11.8. The second-order valence-electron chi connectivity index (χ2n) is 8.87. The number of amides is 2. The minimum Gasteiger partial charge on any atom is -0.493 e. The molecule has 0 aromatic heterocycles. The Balaban J connectivity index is 1.43. The Kier molecular flexibility index (Phi) is 7.90. The lowest BCUT2D eigenvalue weighted by atomic mass is 9.98. The molecule has 0 unspecified atom stereocenters. The van der Waals surface area contributed by atoms with Crippen molar-refractivity contribution in [3.8, 4) is 17.2 Å². The number of methoxy groups -OCH3 is 2. The molecule has 11 nitrogen and oxygen atoms in total. The zero-order chi connectivity index (χ0) is 26.6. The Morgan fingerprint density at radius 1 is 1.05 bits per heavy atom. The second kappa shape index (κ2) is 11.0. The highest BCUT2D eigenvalue weighted by Crippen LogP contribution is 2.36. The number of rotatable bonds is 8. The molecular formula is C25H30N2O9S. The highest BCUT2D eigenvalue weighted by atomic mass is 32.2. The molecule has 0 bridgehead atoms. The van der Waals surface area contributed by atoms with Gasteiger partial charge in [0.25, 0.3) is 11.8 Å². The van der Waals surface area contributed by atoms with Gasteiger partial charge in [-0.05, 0) is 55.3 Å². The van der Waals surface area contributed by atoms with Crippen molar-refractivity contribution in [2.45, 2.75) is 35.0 Å². The summed E-state index contributed by atoms with van der Waals surface area (Å²) in [4.78, 5) is 27.0. The third-order valence-electron chi connectivity index (χ3n) is 6.83. The highest BCUT2D eigenvalue weighted by molar-refractivity contribution is 7.93. The molecule has 2 amide bonds. The Hall–Kier alpha value is -3.35. The summed E-state index contributed by atoms with van der Waals surface area (Å²) in [5.41, 5.74) is 1.98. The van der Waals surface area contributed by atoms with E-state index < -0.39 is 20.5 Å². The van der Waals surface area contributed by atoms with Gasteiger partial charge in [-0.3, -0.25) is 14.8 Å². The van der Waals surface area contributed by atoms with Crippen LogP contribution in [0.15, 0.2) is 47.4 Å². The van der Waals surface area contributed by atoms with Gasteiger partial charge in [0.2, 0.25) is 0 Å². The van der Waals surface area contributed by atoms with Crippen molar-refractivity contribution in [3.63, 3.8) is 0 Å². The summed E-state index contributed by atoms with van der Waals surface area (Å²) in [6.07, 6.45) is 0.213. The molecule has 2 aromatic carbocycles. The van der Waals surface area contributed by atoms with Crippen LogP contribution in [0.4, 0.5) is 0 Å². The summed E-state index contributed by atoms with van der Waals surface area (Å²) in [5.74, 6) is 0.317. The Bertz CT molecular complexity index is 1240. The molecule has 1 atom stereocenters.